The lowest BCUT2D eigenvalue weighted by Crippen LogP contribution is -2.52. The van der Waals surface area contributed by atoms with Crippen molar-refractivity contribution < 1.29 is 63.8 Å². The number of halogens is 1. The predicted octanol–water partition coefficient (Wildman–Crippen LogP) is 4.39. The molecule has 2 saturated heterocycles. The SMILES string of the molecule is CN1CCN(C(CN2CCN(CCC=C(c3ccccc3)c3ccccc3)CC2)c2ccc(F)cc2)CC1.O=C(O)/C=C/C(=O)O.O=C(O)/C=C/C(=O)O.O=C(O)/C=C/C(=O)O. The Hall–Kier alpha value is -6.79. The van der Waals surface area contributed by atoms with Gasteiger partial charge in [0, 0.05) is 108 Å². The van der Waals surface area contributed by atoms with E-state index in [2.05, 4.69) is 93.4 Å². The molecule has 1 atom stereocenters. The molecule has 1 unspecified atom stereocenters. The normalized spacial score (nSPS) is 15.2. The van der Waals surface area contributed by atoms with E-state index in [4.69, 9.17) is 30.6 Å². The molecule has 332 valence electrons. The van der Waals surface area contributed by atoms with Crippen LogP contribution in [0.25, 0.3) is 5.57 Å². The number of likely N-dealkylation sites (N-methyl/N-ethyl adjacent to an activating group) is 1. The largest absolute Gasteiger partial charge is 0.478 e. The van der Waals surface area contributed by atoms with Crippen LogP contribution in [-0.2, 0) is 28.8 Å². The first-order valence-electron chi connectivity index (χ1n) is 19.4. The number of piperazine rings is 2. The van der Waals surface area contributed by atoms with Crippen molar-refractivity contribution in [2.24, 2.45) is 0 Å². The van der Waals surface area contributed by atoms with Crippen molar-refractivity contribution in [3.63, 3.8) is 0 Å². The molecule has 0 saturated carbocycles. The molecule has 17 heteroatoms. The molecule has 2 fully saturated rings. The Kier molecular flexibility index (Phi) is 23.7. The molecule has 3 aromatic rings. The van der Waals surface area contributed by atoms with Crippen LogP contribution in [0.1, 0.15) is 29.2 Å². The number of benzene rings is 3. The Morgan fingerprint density at radius 2 is 0.903 bits per heavy atom. The third-order valence-electron chi connectivity index (χ3n) is 9.20. The molecule has 0 radical (unpaired) electrons. The van der Waals surface area contributed by atoms with Crippen LogP contribution in [-0.4, -0.2) is 159 Å². The van der Waals surface area contributed by atoms with Gasteiger partial charge in [-0.3, -0.25) is 9.80 Å². The molecule has 0 aliphatic carbocycles. The minimum atomic E-state index is -1.26. The van der Waals surface area contributed by atoms with E-state index in [-0.39, 0.29) is 5.82 Å². The van der Waals surface area contributed by atoms with Gasteiger partial charge in [-0.25, -0.2) is 33.2 Å². The van der Waals surface area contributed by atoms with Crippen molar-refractivity contribution in [3.05, 3.63) is 150 Å². The highest BCUT2D eigenvalue weighted by molar-refractivity contribution is 5.90. The van der Waals surface area contributed by atoms with Gasteiger partial charge in [0.1, 0.15) is 5.82 Å². The number of rotatable bonds is 15. The zero-order chi connectivity index (χ0) is 45.9. The van der Waals surface area contributed by atoms with Gasteiger partial charge in [-0.1, -0.05) is 78.9 Å². The third-order valence-corrected chi connectivity index (χ3v) is 9.20. The Bertz CT molecular complexity index is 1820. The quantitative estimate of drug-likeness (QED) is 0.116. The highest BCUT2D eigenvalue weighted by Gasteiger charge is 2.27. The lowest BCUT2D eigenvalue weighted by atomic mass is 9.97. The molecule has 6 N–H and O–H groups in total. The van der Waals surface area contributed by atoms with E-state index in [9.17, 15) is 33.2 Å². The second-order valence-electron chi connectivity index (χ2n) is 13.7. The molecule has 0 spiro atoms. The molecule has 5 rings (SSSR count). The molecular weight excluding hydrogens is 808 g/mol. The molecule has 2 aliphatic rings. The summed E-state index contributed by atoms with van der Waals surface area (Å²) in [5.41, 5.74) is 5.11. The minimum Gasteiger partial charge on any atom is -0.478 e. The van der Waals surface area contributed by atoms with Gasteiger partial charge in [0.2, 0.25) is 0 Å². The zero-order valence-corrected chi connectivity index (χ0v) is 34.3. The first kappa shape index (κ1) is 51.4. The molecule has 3 aromatic carbocycles. The predicted molar refractivity (Wildman–Crippen MR) is 229 cm³/mol. The van der Waals surface area contributed by atoms with Crippen LogP contribution in [0.15, 0.2) is 127 Å². The monoisotopic (exact) mass is 860 g/mol. The fourth-order valence-corrected chi connectivity index (χ4v) is 6.15. The van der Waals surface area contributed by atoms with Crippen molar-refractivity contribution in [2.45, 2.75) is 12.5 Å². The van der Waals surface area contributed by atoms with Crippen molar-refractivity contribution >= 4 is 41.4 Å². The number of nitrogens with zero attached hydrogens (tertiary/aromatic N) is 4. The summed E-state index contributed by atoms with van der Waals surface area (Å²) in [5, 5.41) is 46.9. The molecule has 16 nitrogen and oxygen atoms in total. The number of hydrogen-bond acceptors (Lipinski definition) is 10. The number of hydrogen-bond donors (Lipinski definition) is 6. The summed E-state index contributed by atoms with van der Waals surface area (Å²) in [6, 6.07) is 29.0. The maximum Gasteiger partial charge on any atom is 0.328 e. The summed E-state index contributed by atoms with van der Waals surface area (Å²) in [5.74, 6) is -7.70. The lowest BCUT2D eigenvalue weighted by Gasteiger charge is -2.42. The van der Waals surface area contributed by atoms with Gasteiger partial charge >= 0.3 is 35.8 Å². The minimum absolute atomic E-state index is 0.156. The van der Waals surface area contributed by atoms with Crippen molar-refractivity contribution in [1.29, 1.82) is 0 Å². The Balaban J connectivity index is 0.000000449. The first-order valence-corrected chi connectivity index (χ1v) is 19.4. The topological polar surface area (TPSA) is 237 Å². The summed E-state index contributed by atoms with van der Waals surface area (Å²) in [6.07, 6.45) is 6.80. The number of aliphatic carboxylic acids is 6. The van der Waals surface area contributed by atoms with Crippen LogP contribution in [0, 0.1) is 5.82 Å². The summed E-state index contributed by atoms with van der Waals surface area (Å²) in [6.45, 7) is 10.8. The van der Waals surface area contributed by atoms with Crippen LogP contribution in [0.3, 0.4) is 0 Å². The van der Waals surface area contributed by atoms with Gasteiger partial charge in [-0.05, 0) is 47.9 Å². The average molecular weight is 861 g/mol. The Labute approximate surface area is 359 Å². The van der Waals surface area contributed by atoms with Crippen molar-refractivity contribution in [3.8, 4) is 0 Å². The second kappa shape index (κ2) is 28.6. The summed E-state index contributed by atoms with van der Waals surface area (Å²) in [4.78, 5) is 67.5. The first-order chi connectivity index (χ1) is 29.5. The molecule has 0 amide bonds. The number of carbonyl (C=O) groups is 6. The summed E-state index contributed by atoms with van der Waals surface area (Å²) >= 11 is 0. The molecule has 2 heterocycles. The zero-order valence-electron chi connectivity index (χ0n) is 34.3. The molecular formula is C45H53FN4O12. The van der Waals surface area contributed by atoms with Gasteiger partial charge in [-0.15, -0.1) is 0 Å². The van der Waals surface area contributed by atoms with Crippen LogP contribution in [0.5, 0.6) is 0 Å². The fourth-order valence-electron chi connectivity index (χ4n) is 6.15. The van der Waals surface area contributed by atoms with E-state index in [1.807, 2.05) is 12.1 Å². The number of carboxylic acids is 6. The lowest BCUT2D eigenvalue weighted by molar-refractivity contribution is -0.134. The van der Waals surface area contributed by atoms with Crippen LogP contribution < -0.4 is 0 Å². The van der Waals surface area contributed by atoms with Crippen molar-refractivity contribution in [2.75, 3.05) is 72.5 Å². The van der Waals surface area contributed by atoms with E-state index >= 15 is 0 Å². The van der Waals surface area contributed by atoms with Crippen LogP contribution >= 0.6 is 0 Å². The maximum absolute atomic E-state index is 13.6. The van der Waals surface area contributed by atoms with Gasteiger partial charge in [0.15, 0.2) is 0 Å². The average Bonchev–Trinajstić information content (AvgIpc) is 3.25. The molecule has 0 aromatic heterocycles. The highest BCUT2D eigenvalue weighted by Crippen LogP contribution is 2.26. The summed E-state index contributed by atoms with van der Waals surface area (Å²) in [7, 11) is 2.20. The molecule has 2 aliphatic heterocycles. The van der Waals surface area contributed by atoms with Gasteiger partial charge < -0.3 is 40.4 Å². The van der Waals surface area contributed by atoms with Crippen LogP contribution in [0.2, 0.25) is 0 Å². The Morgan fingerprint density at radius 3 is 1.27 bits per heavy atom. The standard InChI is InChI=1S/C33H41FN4.3C4H4O4/c1-35-19-25-38(26-20-35)33(30-14-16-31(34)17-15-30)27-37-23-21-36(22-24-37)18-8-13-32(28-9-4-2-5-10-28)29-11-6-3-7-12-29;3*5-3(6)1-2-4(7)8/h2-7,9-17,33H,8,18-27H2,1H3;3*1-2H,(H,5,6)(H,7,8)/b;3*2-1+. The van der Waals surface area contributed by atoms with Crippen LogP contribution in [0.4, 0.5) is 4.39 Å². The van der Waals surface area contributed by atoms with Gasteiger partial charge in [0.25, 0.3) is 0 Å². The molecule has 0 bridgehead atoms. The van der Waals surface area contributed by atoms with E-state index < -0.39 is 35.8 Å². The van der Waals surface area contributed by atoms with E-state index in [0.717, 1.165) is 71.9 Å². The maximum atomic E-state index is 13.6. The smallest absolute Gasteiger partial charge is 0.328 e. The second-order valence-corrected chi connectivity index (χ2v) is 13.7. The highest BCUT2D eigenvalue weighted by atomic mass is 19.1. The van der Waals surface area contributed by atoms with Gasteiger partial charge in [-0.2, -0.15) is 0 Å². The van der Waals surface area contributed by atoms with E-state index in [1.54, 1.807) is 12.1 Å². The van der Waals surface area contributed by atoms with Crippen molar-refractivity contribution in [1.82, 2.24) is 19.6 Å². The summed E-state index contributed by atoms with van der Waals surface area (Å²) < 4.78 is 13.6. The van der Waals surface area contributed by atoms with E-state index in [1.165, 1.54) is 22.3 Å². The van der Waals surface area contributed by atoms with E-state index in [0.29, 0.717) is 42.5 Å². The Morgan fingerprint density at radius 1 is 0.532 bits per heavy atom. The fraction of sp³-hybridized carbons (Fsp3) is 0.289. The van der Waals surface area contributed by atoms with Gasteiger partial charge in [0.05, 0.1) is 0 Å². The third kappa shape index (κ3) is 22.5. The molecule has 62 heavy (non-hydrogen) atoms. The number of carboxylic acid groups (broad SMARTS) is 6.